The van der Waals surface area contributed by atoms with Gasteiger partial charge in [-0.25, -0.2) is 0 Å². The molecule has 1 saturated carbocycles. The number of hydrogen-bond donors (Lipinski definition) is 1. The summed E-state index contributed by atoms with van der Waals surface area (Å²) in [6.45, 7) is 3.04. The lowest BCUT2D eigenvalue weighted by Gasteiger charge is -2.23. The van der Waals surface area contributed by atoms with Gasteiger partial charge < -0.3 is 4.90 Å². The van der Waals surface area contributed by atoms with Crippen molar-refractivity contribution < 1.29 is 4.79 Å². The van der Waals surface area contributed by atoms with Crippen molar-refractivity contribution in [2.24, 2.45) is 5.92 Å². The van der Waals surface area contributed by atoms with Crippen molar-refractivity contribution >= 4 is 5.91 Å². The second-order valence-electron chi connectivity index (χ2n) is 6.32. The first-order valence-electron chi connectivity index (χ1n) is 7.82. The molecule has 3 atom stereocenters. The Bertz CT molecular complexity index is 459. The van der Waals surface area contributed by atoms with Crippen molar-refractivity contribution in [2.75, 3.05) is 6.67 Å². The number of rotatable bonds is 4. The Morgan fingerprint density at radius 1 is 1.25 bits per heavy atom. The predicted octanol–water partition coefficient (Wildman–Crippen LogP) is 2.57. The van der Waals surface area contributed by atoms with Gasteiger partial charge in [0.2, 0.25) is 5.91 Å². The van der Waals surface area contributed by atoms with Gasteiger partial charge in [-0.2, -0.15) is 0 Å². The van der Waals surface area contributed by atoms with Crippen LogP contribution in [0.1, 0.15) is 38.2 Å². The molecule has 3 heteroatoms. The van der Waals surface area contributed by atoms with Crippen LogP contribution in [0.3, 0.4) is 0 Å². The first-order chi connectivity index (χ1) is 9.74. The fourth-order valence-electron chi connectivity index (χ4n) is 3.52. The minimum absolute atomic E-state index is 0.0195. The molecule has 20 heavy (non-hydrogen) atoms. The van der Waals surface area contributed by atoms with Crippen LogP contribution in [0.15, 0.2) is 30.3 Å². The Kier molecular flexibility index (Phi) is 4.06. The van der Waals surface area contributed by atoms with E-state index in [2.05, 4.69) is 41.4 Å². The van der Waals surface area contributed by atoms with E-state index in [0.29, 0.717) is 11.9 Å². The van der Waals surface area contributed by atoms with E-state index in [0.717, 1.165) is 25.4 Å². The van der Waals surface area contributed by atoms with Crippen molar-refractivity contribution in [2.45, 2.75) is 51.1 Å². The third-order valence-electron chi connectivity index (χ3n) is 4.76. The van der Waals surface area contributed by atoms with E-state index >= 15 is 0 Å². The summed E-state index contributed by atoms with van der Waals surface area (Å²) < 4.78 is 0. The number of carbonyl (C=O) groups is 1. The number of amides is 1. The molecule has 2 fully saturated rings. The average molecular weight is 272 g/mol. The van der Waals surface area contributed by atoms with E-state index in [4.69, 9.17) is 0 Å². The minimum Gasteiger partial charge on any atom is -0.326 e. The molecule has 0 aromatic heterocycles. The number of aryl methyl sites for hydroxylation is 1. The molecule has 0 radical (unpaired) electrons. The van der Waals surface area contributed by atoms with Gasteiger partial charge in [0.1, 0.15) is 0 Å². The van der Waals surface area contributed by atoms with E-state index in [-0.39, 0.29) is 6.04 Å². The summed E-state index contributed by atoms with van der Waals surface area (Å²) in [6, 6.07) is 10.9. The lowest BCUT2D eigenvalue weighted by atomic mass is 10.0. The summed E-state index contributed by atoms with van der Waals surface area (Å²) in [4.78, 5) is 14.6. The molecule has 1 amide bonds. The summed E-state index contributed by atoms with van der Waals surface area (Å²) in [5.74, 6) is 1.09. The highest BCUT2D eigenvalue weighted by Gasteiger charge is 2.37. The monoisotopic (exact) mass is 272 g/mol. The molecule has 3 rings (SSSR count). The maximum Gasteiger partial charge on any atom is 0.241 e. The normalized spacial score (nSPS) is 30.1. The molecule has 0 bridgehead atoms. The molecular formula is C17H24N2O. The van der Waals surface area contributed by atoms with Gasteiger partial charge in [0, 0.05) is 6.04 Å². The molecule has 1 heterocycles. The molecule has 2 aliphatic rings. The first kappa shape index (κ1) is 13.6. The van der Waals surface area contributed by atoms with Gasteiger partial charge in [0.05, 0.1) is 12.7 Å². The number of carbonyl (C=O) groups excluding carboxylic acids is 1. The Labute approximate surface area is 121 Å². The van der Waals surface area contributed by atoms with Gasteiger partial charge in [-0.1, -0.05) is 37.3 Å². The van der Waals surface area contributed by atoms with Gasteiger partial charge in [0.25, 0.3) is 0 Å². The molecule has 1 aliphatic heterocycles. The predicted molar refractivity (Wildman–Crippen MR) is 80.2 cm³/mol. The van der Waals surface area contributed by atoms with Crippen molar-refractivity contribution in [3.63, 3.8) is 0 Å². The fourth-order valence-corrected chi connectivity index (χ4v) is 3.52. The van der Waals surface area contributed by atoms with Crippen molar-refractivity contribution in [3.05, 3.63) is 35.9 Å². The van der Waals surface area contributed by atoms with E-state index in [9.17, 15) is 4.79 Å². The number of nitrogens with zero attached hydrogens (tertiary/aromatic N) is 1. The van der Waals surface area contributed by atoms with E-state index in [1.54, 1.807) is 0 Å². The van der Waals surface area contributed by atoms with Gasteiger partial charge >= 0.3 is 0 Å². The zero-order chi connectivity index (χ0) is 13.9. The summed E-state index contributed by atoms with van der Waals surface area (Å²) in [5, 5.41) is 3.39. The largest absolute Gasteiger partial charge is 0.326 e. The Morgan fingerprint density at radius 3 is 2.75 bits per heavy atom. The highest BCUT2D eigenvalue weighted by Crippen LogP contribution is 2.30. The van der Waals surface area contributed by atoms with Crippen LogP contribution in [-0.4, -0.2) is 29.6 Å². The van der Waals surface area contributed by atoms with Gasteiger partial charge in [-0.05, 0) is 43.6 Å². The fraction of sp³-hybridized carbons (Fsp3) is 0.588. The topological polar surface area (TPSA) is 32.3 Å². The van der Waals surface area contributed by atoms with Crippen LogP contribution in [0.5, 0.6) is 0 Å². The maximum atomic E-state index is 12.5. The second-order valence-corrected chi connectivity index (χ2v) is 6.32. The Balaban J connectivity index is 1.53. The van der Waals surface area contributed by atoms with Crippen LogP contribution in [0, 0.1) is 5.92 Å². The van der Waals surface area contributed by atoms with Gasteiger partial charge in [-0.3, -0.25) is 10.1 Å². The molecule has 1 N–H and O–H groups in total. The third kappa shape index (κ3) is 2.88. The zero-order valence-corrected chi connectivity index (χ0v) is 12.2. The average Bonchev–Trinajstić information content (AvgIpc) is 3.04. The third-order valence-corrected chi connectivity index (χ3v) is 4.76. The minimum atomic E-state index is 0.0195. The first-order valence-corrected chi connectivity index (χ1v) is 7.82. The summed E-state index contributed by atoms with van der Waals surface area (Å²) >= 11 is 0. The van der Waals surface area contributed by atoms with Crippen LogP contribution in [0.4, 0.5) is 0 Å². The number of benzene rings is 1. The molecule has 1 aliphatic carbocycles. The van der Waals surface area contributed by atoms with Gasteiger partial charge in [-0.15, -0.1) is 0 Å². The lowest BCUT2D eigenvalue weighted by Crippen LogP contribution is -2.37. The van der Waals surface area contributed by atoms with Crippen LogP contribution >= 0.6 is 0 Å². The quantitative estimate of drug-likeness (QED) is 0.913. The Hall–Kier alpha value is -1.35. The molecular weight excluding hydrogens is 248 g/mol. The standard InChI is InChI=1S/C17H24N2O/c1-13-7-9-15(11-13)19-12-18-16(17(19)20)10-8-14-5-3-2-4-6-14/h2-6,13,15-16,18H,7-12H2,1H3. The summed E-state index contributed by atoms with van der Waals surface area (Å²) in [5.41, 5.74) is 1.31. The highest BCUT2D eigenvalue weighted by molar-refractivity contribution is 5.84. The van der Waals surface area contributed by atoms with Crippen molar-refractivity contribution in [1.82, 2.24) is 10.2 Å². The summed E-state index contributed by atoms with van der Waals surface area (Å²) in [7, 11) is 0. The summed E-state index contributed by atoms with van der Waals surface area (Å²) in [6.07, 6.45) is 5.50. The van der Waals surface area contributed by atoms with E-state index < -0.39 is 0 Å². The molecule has 3 nitrogen and oxygen atoms in total. The van der Waals surface area contributed by atoms with E-state index in [1.165, 1.54) is 24.8 Å². The molecule has 0 spiro atoms. The highest BCUT2D eigenvalue weighted by atomic mass is 16.2. The number of nitrogens with one attached hydrogen (secondary N) is 1. The number of hydrogen-bond acceptors (Lipinski definition) is 2. The molecule has 1 saturated heterocycles. The maximum absolute atomic E-state index is 12.5. The van der Waals surface area contributed by atoms with Crippen molar-refractivity contribution in [3.8, 4) is 0 Å². The molecule has 3 unspecified atom stereocenters. The van der Waals surface area contributed by atoms with Crippen LogP contribution in [0.2, 0.25) is 0 Å². The second kappa shape index (κ2) is 5.96. The SMILES string of the molecule is CC1CCC(N2CNC(CCc3ccccc3)C2=O)C1. The molecule has 1 aromatic carbocycles. The van der Waals surface area contributed by atoms with Gasteiger partial charge in [0.15, 0.2) is 0 Å². The zero-order valence-electron chi connectivity index (χ0n) is 12.2. The molecule has 1 aromatic rings. The van der Waals surface area contributed by atoms with Crippen LogP contribution < -0.4 is 5.32 Å². The molecule has 108 valence electrons. The lowest BCUT2D eigenvalue weighted by molar-refractivity contribution is -0.130. The van der Waals surface area contributed by atoms with Crippen LogP contribution in [-0.2, 0) is 11.2 Å². The van der Waals surface area contributed by atoms with Crippen molar-refractivity contribution in [1.29, 1.82) is 0 Å². The Morgan fingerprint density at radius 2 is 2.05 bits per heavy atom. The smallest absolute Gasteiger partial charge is 0.241 e. The van der Waals surface area contributed by atoms with Crippen LogP contribution in [0.25, 0.3) is 0 Å². The van der Waals surface area contributed by atoms with E-state index in [1.807, 2.05) is 6.07 Å².